The molecule has 2 amide bonds. The monoisotopic (exact) mass is 454 g/mol. The lowest BCUT2D eigenvalue weighted by atomic mass is 9.95. The molecule has 1 unspecified atom stereocenters. The quantitative estimate of drug-likeness (QED) is 0.730. The summed E-state index contributed by atoms with van der Waals surface area (Å²) in [5.41, 5.74) is 0. The second-order valence-corrected chi connectivity index (χ2v) is 8.02. The maximum atomic E-state index is 12.4. The van der Waals surface area contributed by atoms with Gasteiger partial charge in [0.05, 0.1) is 5.02 Å². The third-order valence-electron chi connectivity index (χ3n) is 4.62. The molecular weight excluding hydrogens is 431 g/mol. The zero-order valence-corrected chi connectivity index (χ0v) is 18.1. The highest BCUT2D eigenvalue weighted by Gasteiger charge is 2.28. The van der Waals surface area contributed by atoms with Crippen LogP contribution in [0.15, 0.2) is 18.3 Å². The Labute approximate surface area is 181 Å². The Kier molecular flexibility index (Phi) is 10.8. The molecule has 0 aliphatic carbocycles. The lowest BCUT2D eigenvalue weighted by Crippen LogP contribution is -2.45. The number of hydrogen-bond acceptors (Lipinski definition) is 5. The highest BCUT2D eigenvalue weighted by Crippen LogP contribution is 2.21. The lowest BCUT2D eigenvalue weighted by Gasteiger charge is -2.33. The summed E-state index contributed by atoms with van der Waals surface area (Å²) in [6, 6.07) is 3.67. The van der Waals surface area contributed by atoms with Gasteiger partial charge in [-0.2, -0.15) is 11.8 Å². The highest BCUT2D eigenvalue weighted by molar-refractivity contribution is 7.99. The fourth-order valence-electron chi connectivity index (χ4n) is 3.16. The molecule has 0 aromatic carbocycles. The van der Waals surface area contributed by atoms with E-state index in [1.165, 1.54) is 6.20 Å². The van der Waals surface area contributed by atoms with Gasteiger partial charge in [0, 0.05) is 55.7 Å². The first-order chi connectivity index (χ1) is 12.1. The summed E-state index contributed by atoms with van der Waals surface area (Å²) >= 11 is 7.69. The first-order valence-corrected chi connectivity index (χ1v) is 10.2. The fourth-order valence-corrected chi connectivity index (χ4v) is 4.22. The molecule has 0 radical (unpaired) electrons. The van der Waals surface area contributed by atoms with Crippen molar-refractivity contribution in [2.75, 3.05) is 36.5 Å². The van der Waals surface area contributed by atoms with Crippen molar-refractivity contribution in [3.8, 4) is 0 Å². The SMILES string of the molecule is Cl.Cl.O=C(Nc1ccc(Cl)cn1)C1CCN(C(=O)CC2CSCCN2)CC1. The smallest absolute Gasteiger partial charge is 0.228 e. The molecule has 27 heavy (non-hydrogen) atoms. The van der Waals surface area contributed by atoms with Gasteiger partial charge in [0.2, 0.25) is 11.8 Å². The van der Waals surface area contributed by atoms with E-state index in [2.05, 4.69) is 15.6 Å². The number of halogens is 3. The number of anilines is 1. The van der Waals surface area contributed by atoms with Crippen LogP contribution in [0.2, 0.25) is 5.02 Å². The molecule has 1 atom stereocenters. The average Bonchev–Trinajstić information content (AvgIpc) is 2.64. The Balaban J connectivity index is 0.00000182. The summed E-state index contributed by atoms with van der Waals surface area (Å²) in [7, 11) is 0. The molecule has 2 aliphatic heterocycles. The van der Waals surface area contributed by atoms with Gasteiger partial charge in [-0.25, -0.2) is 4.98 Å². The second kappa shape index (κ2) is 12.0. The number of rotatable bonds is 4. The van der Waals surface area contributed by atoms with E-state index >= 15 is 0 Å². The predicted octanol–water partition coefficient (Wildman–Crippen LogP) is 2.85. The topological polar surface area (TPSA) is 74.3 Å². The van der Waals surface area contributed by atoms with Gasteiger partial charge < -0.3 is 15.5 Å². The summed E-state index contributed by atoms with van der Waals surface area (Å²) in [6.45, 7) is 2.26. The van der Waals surface area contributed by atoms with Gasteiger partial charge >= 0.3 is 0 Å². The highest BCUT2D eigenvalue weighted by atomic mass is 35.5. The molecular formula is C17H25Cl3N4O2S. The second-order valence-electron chi connectivity index (χ2n) is 6.44. The molecule has 2 fully saturated rings. The van der Waals surface area contributed by atoms with Gasteiger partial charge in [-0.05, 0) is 25.0 Å². The summed E-state index contributed by atoms with van der Waals surface area (Å²) < 4.78 is 0. The Morgan fingerprint density at radius 2 is 2.04 bits per heavy atom. The third kappa shape index (κ3) is 7.31. The lowest BCUT2D eigenvalue weighted by molar-refractivity contribution is -0.134. The minimum absolute atomic E-state index is 0. The molecule has 2 N–H and O–H groups in total. The molecule has 1 aromatic rings. The predicted molar refractivity (Wildman–Crippen MR) is 115 cm³/mol. The fraction of sp³-hybridized carbons (Fsp3) is 0.588. The number of carbonyl (C=O) groups is 2. The van der Waals surface area contributed by atoms with Crippen LogP contribution < -0.4 is 10.6 Å². The van der Waals surface area contributed by atoms with E-state index in [9.17, 15) is 9.59 Å². The van der Waals surface area contributed by atoms with Crippen LogP contribution in [0.25, 0.3) is 0 Å². The Hall–Kier alpha value is -0.730. The normalized spacial score (nSPS) is 20.2. The molecule has 0 spiro atoms. The number of nitrogens with zero attached hydrogens (tertiary/aromatic N) is 2. The van der Waals surface area contributed by atoms with Gasteiger partial charge in [-0.1, -0.05) is 11.6 Å². The van der Waals surface area contributed by atoms with Gasteiger partial charge in [0.25, 0.3) is 0 Å². The minimum Gasteiger partial charge on any atom is -0.343 e. The van der Waals surface area contributed by atoms with E-state index in [1.54, 1.807) is 12.1 Å². The number of thioether (sulfide) groups is 1. The molecule has 0 bridgehead atoms. The number of piperidine rings is 1. The van der Waals surface area contributed by atoms with E-state index in [0.29, 0.717) is 43.2 Å². The largest absolute Gasteiger partial charge is 0.343 e. The number of aromatic nitrogens is 1. The first kappa shape index (κ1) is 24.3. The van der Waals surface area contributed by atoms with Crippen molar-refractivity contribution in [2.24, 2.45) is 5.92 Å². The van der Waals surface area contributed by atoms with E-state index < -0.39 is 0 Å². The Morgan fingerprint density at radius 3 is 2.63 bits per heavy atom. The third-order valence-corrected chi connectivity index (χ3v) is 5.97. The van der Waals surface area contributed by atoms with Gasteiger partial charge in [-0.15, -0.1) is 24.8 Å². The van der Waals surface area contributed by atoms with Gasteiger partial charge in [0.1, 0.15) is 5.82 Å². The molecule has 152 valence electrons. The van der Waals surface area contributed by atoms with Crippen LogP contribution in [0, 0.1) is 5.92 Å². The molecule has 2 aliphatic rings. The number of likely N-dealkylation sites (tertiary alicyclic amines) is 1. The van der Waals surface area contributed by atoms with E-state index in [1.807, 2.05) is 16.7 Å². The van der Waals surface area contributed by atoms with Crippen molar-refractivity contribution in [3.63, 3.8) is 0 Å². The molecule has 0 saturated carbocycles. The number of carbonyl (C=O) groups excluding carboxylic acids is 2. The molecule has 3 heterocycles. The van der Waals surface area contributed by atoms with Crippen LogP contribution in [0.4, 0.5) is 5.82 Å². The van der Waals surface area contributed by atoms with Crippen LogP contribution >= 0.6 is 48.2 Å². The summed E-state index contributed by atoms with van der Waals surface area (Å²) in [6.07, 6.45) is 3.45. The van der Waals surface area contributed by atoms with E-state index in [-0.39, 0.29) is 48.6 Å². The summed E-state index contributed by atoms with van der Waals surface area (Å²) in [5, 5.41) is 6.76. The van der Waals surface area contributed by atoms with Crippen molar-refractivity contribution in [1.29, 1.82) is 0 Å². The van der Waals surface area contributed by atoms with Gasteiger partial charge in [0.15, 0.2) is 0 Å². The number of pyridine rings is 1. The Morgan fingerprint density at radius 1 is 1.30 bits per heavy atom. The average molecular weight is 456 g/mol. The van der Waals surface area contributed by atoms with Crippen LogP contribution in [-0.4, -0.2) is 58.9 Å². The van der Waals surface area contributed by atoms with E-state index in [0.717, 1.165) is 18.1 Å². The standard InChI is InChI=1S/C17H23ClN4O2S.2ClH/c18-13-1-2-15(20-10-13)21-17(24)12-3-6-22(7-4-12)16(23)9-14-11-25-8-5-19-14;;/h1-2,10,12,14,19H,3-9,11H2,(H,20,21,24);2*1H. The van der Waals surface area contributed by atoms with Crippen molar-refractivity contribution in [2.45, 2.75) is 25.3 Å². The van der Waals surface area contributed by atoms with E-state index in [4.69, 9.17) is 11.6 Å². The summed E-state index contributed by atoms with van der Waals surface area (Å²) in [5.74, 6) is 2.70. The van der Waals surface area contributed by atoms with Crippen molar-refractivity contribution in [1.82, 2.24) is 15.2 Å². The van der Waals surface area contributed by atoms with Crippen LogP contribution in [0.5, 0.6) is 0 Å². The van der Waals surface area contributed by atoms with Crippen LogP contribution in [0.1, 0.15) is 19.3 Å². The van der Waals surface area contributed by atoms with Gasteiger partial charge in [-0.3, -0.25) is 9.59 Å². The number of hydrogen-bond donors (Lipinski definition) is 2. The molecule has 3 rings (SSSR count). The first-order valence-electron chi connectivity index (χ1n) is 8.63. The van der Waals surface area contributed by atoms with Crippen molar-refractivity contribution >= 4 is 65.8 Å². The maximum Gasteiger partial charge on any atom is 0.228 e. The zero-order chi connectivity index (χ0) is 17.6. The maximum absolute atomic E-state index is 12.4. The van der Waals surface area contributed by atoms with Crippen molar-refractivity contribution in [3.05, 3.63) is 23.4 Å². The minimum atomic E-state index is -0.0788. The molecule has 2 saturated heterocycles. The number of nitrogens with one attached hydrogen (secondary N) is 2. The Bertz CT molecular complexity index is 607. The van der Waals surface area contributed by atoms with Crippen LogP contribution in [0.3, 0.4) is 0 Å². The zero-order valence-electron chi connectivity index (χ0n) is 14.9. The van der Waals surface area contributed by atoms with Crippen molar-refractivity contribution < 1.29 is 9.59 Å². The molecule has 6 nitrogen and oxygen atoms in total. The summed E-state index contributed by atoms with van der Waals surface area (Å²) in [4.78, 5) is 30.7. The number of amides is 2. The van der Waals surface area contributed by atoms with Crippen LogP contribution in [-0.2, 0) is 9.59 Å². The molecule has 10 heteroatoms. The molecule has 1 aromatic heterocycles.